The van der Waals surface area contributed by atoms with Gasteiger partial charge in [-0.2, -0.15) is 17.4 Å². The Balaban J connectivity index is 1.78. The first-order chi connectivity index (χ1) is 11.0. The van der Waals surface area contributed by atoms with E-state index in [0.717, 1.165) is 12.8 Å². The van der Waals surface area contributed by atoms with Gasteiger partial charge in [0.2, 0.25) is 0 Å². The second-order valence-electron chi connectivity index (χ2n) is 5.50. The van der Waals surface area contributed by atoms with Gasteiger partial charge in [-0.25, -0.2) is 4.39 Å². The Morgan fingerprint density at radius 1 is 1.39 bits per heavy atom. The fourth-order valence-electron chi connectivity index (χ4n) is 2.60. The van der Waals surface area contributed by atoms with E-state index in [-0.39, 0.29) is 24.8 Å². The summed E-state index contributed by atoms with van der Waals surface area (Å²) in [6.07, 6.45) is 1.79. The lowest BCUT2D eigenvalue weighted by molar-refractivity contribution is 0.118. The molecule has 0 aliphatic carbocycles. The zero-order valence-electron chi connectivity index (χ0n) is 13.2. The van der Waals surface area contributed by atoms with Crippen LogP contribution >= 0.6 is 0 Å². The van der Waals surface area contributed by atoms with Crippen molar-refractivity contribution < 1.29 is 22.3 Å². The summed E-state index contributed by atoms with van der Waals surface area (Å²) in [6, 6.07) is 6.02. The number of halogens is 1. The maximum atomic E-state index is 13.4. The van der Waals surface area contributed by atoms with Gasteiger partial charge in [0.15, 0.2) is 11.6 Å². The third-order valence-electron chi connectivity index (χ3n) is 3.70. The van der Waals surface area contributed by atoms with Gasteiger partial charge in [0.05, 0.1) is 6.61 Å². The van der Waals surface area contributed by atoms with Crippen LogP contribution in [0.3, 0.4) is 0 Å². The topological polar surface area (TPSA) is 67.9 Å². The predicted octanol–water partition coefficient (Wildman–Crippen LogP) is 1.40. The smallest absolute Gasteiger partial charge is 0.279 e. The molecule has 2 rings (SSSR count). The average molecular weight is 346 g/mol. The second kappa shape index (κ2) is 8.58. The van der Waals surface area contributed by atoms with Gasteiger partial charge in [-0.15, -0.1) is 0 Å². The van der Waals surface area contributed by atoms with Crippen molar-refractivity contribution >= 4 is 10.2 Å². The van der Waals surface area contributed by atoms with Gasteiger partial charge in [0, 0.05) is 26.7 Å². The molecule has 23 heavy (non-hydrogen) atoms. The van der Waals surface area contributed by atoms with Gasteiger partial charge in [-0.05, 0) is 30.9 Å². The first-order valence-electron chi connectivity index (χ1n) is 7.64. The molecule has 1 aliphatic heterocycles. The van der Waals surface area contributed by atoms with E-state index in [2.05, 4.69) is 4.72 Å². The van der Waals surface area contributed by atoms with Gasteiger partial charge in [0.1, 0.15) is 6.61 Å². The Labute approximate surface area is 136 Å². The molecule has 0 spiro atoms. The highest BCUT2D eigenvalue weighted by Crippen LogP contribution is 2.19. The highest BCUT2D eigenvalue weighted by atomic mass is 32.2. The number of nitrogens with zero attached hydrogens (tertiary/aromatic N) is 1. The van der Waals surface area contributed by atoms with Crippen molar-refractivity contribution in [1.29, 1.82) is 0 Å². The molecule has 8 heteroatoms. The fourth-order valence-corrected chi connectivity index (χ4v) is 3.90. The summed E-state index contributed by atoms with van der Waals surface area (Å²) in [4.78, 5) is 0. The number of rotatable bonds is 8. The molecule has 1 fully saturated rings. The molecule has 0 bridgehead atoms. The lowest BCUT2D eigenvalue weighted by Gasteiger charge is -2.31. The van der Waals surface area contributed by atoms with E-state index < -0.39 is 16.0 Å². The van der Waals surface area contributed by atoms with Crippen molar-refractivity contribution in [1.82, 2.24) is 9.03 Å². The molecular formula is C15H23FN2O4S. The first kappa shape index (κ1) is 18.1. The molecule has 1 aromatic carbocycles. The normalized spacial score (nSPS) is 19.7. The number of benzene rings is 1. The van der Waals surface area contributed by atoms with Gasteiger partial charge in [0.25, 0.3) is 10.2 Å². The van der Waals surface area contributed by atoms with Crippen molar-refractivity contribution in [3.63, 3.8) is 0 Å². The fraction of sp³-hybridized carbons (Fsp3) is 0.600. The number of ether oxygens (including phenoxy) is 2. The van der Waals surface area contributed by atoms with Crippen LogP contribution in [0.1, 0.15) is 12.8 Å². The highest BCUT2D eigenvalue weighted by Gasteiger charge is 2.28. The summed E-state index contributed by atoms with van der Waals surface area (Å²) in [7, 11) is -1.93. The summed E-state index contributed by atoms with van der Waals surface area (Å²) >= 11 is 0. The van der Waals surface area contributed by atoms with E-state index in [9.17, 15) is 12.8 Å². The van der Waals surface area contributed by atoms with Crippen molar-refractivity contribution in [2.45, 2.75) is 12.8 Å². The monoisotopic (exact) mass is 346 g/mol. The number of hydrogen-bond donors (Lipinski definition) is 1. The van der Waals surface area contributed by atoms with Gasteiger partial charge in [-0.1, -0.05) is 12.1 Å². The Morgan fingerprint density at radius 3 is 2.91 bits per heavy atom. The zero-order chi connectivity index (χ0) is 16.7. The van der Waals surface area contributed by atoms with Crippen LogP contribution in [-0.2, 0) is 14.9 Å². The molecule has 0 radical (unpaired) electrons. The molecule has 1 N–H and O–H groups in total. The van der Waals surface area contributed by atoms with E-state index in [1.54, 1.807) is 19.2 Å². The SMILES string of the molecule is COCC1CCCN(S(=O)(=O)NCCOc2ccccc2F)C1. The number of methoxy groups -OCH3 is 1. The molecule has 1 heterocycles. The van der Waals surface area contributed by atoms with E-state index in [1.807, 2.05) is 0 Å². The molecule has 1 saturated heterocycles. The summed E-state index contributed by atoms with van der Waals surface area (Å²) in [5, 5.41) is 0. The van der Waals surface area contributed by atoms with Crippen molar-refractivity contribution in [3.05, 3.63) is 30.1 Å². The van der Waals surface area contributed by atoms with Crippen LogP contribution in [0, 0.1) is 11.7 Å². The van der Waals surface area contributed by atoms with E-state index in [4.69, 9.17) is 9.47 Å². The van der Waals surface area contributed by atoms with Crippen LogP contribution in [0.4, 0.5) is 4.39 Å². The minimum atomic E-state index is -3.55. The quantitative estimate of drug-likeness (QED) is 0.723. The van der Waals surface area contributed by atoms with Crippen molar-refractivity contribution in [3.8, 4) is 5.75 Å². The van der Waals surface area contributed by atoms with E-state index >= 15 is 0 Å². The summed E-state index contributed by atoms with van der Waals surface area (Å²) in [6.45, 7) is 1.67. The highest BCUT2D eigenvalue weighted by molar-refractivity contribution is 7.87. The Bertz CT molecular complexity index is 595. The minimum Gasteiger partial charge on any atom is -0.489 e. The zero-order valence-corrected chi connectivity index (χ0v) is 14.0. The largest absolute Gasteiger partial charge is 0.489 e. The van der Waals surface area contributed by atoms with Crippen molar-refractivity contribution in [2.75, 3.05) is 40.0 Å². The number of nitrogens with one attached hydrogen (secondary N) is 1. The third-order valence-corrected chi connectivity index (χ3v) is 5.29. The molecule has 1 aromatic rings. The van der Waals surface area contributed by atoms with Gasteiger partial charge < -0.3 is 9.47 Å². The summed E-state index contributed by atoms with van der Waals surface area (Å²) < 4.78 is 52.2. The van der Waals surface area contributed by atoms with Gasteiger partial charge in [-0.3, -0.25) is 0 Å². The molecular weight excluding hydrogens is 323 g/mol. The molecule has 130 valence electrons. The molecule has 0 saturated carbocycles. The first-order valence-corrected chi connectivity index (χ1v) is 9.08. The standard InChI is InChI=1S/C15H23FN2O4S/c1-21-12-13-5-4-9-18(11-13)23(19,20)17-8-10-22-15-7-3-2-6-14(15)16/h2-3,6-7,13,17H,4-5,8-12H2,1H3. The Morgan fingerprint density at radius 2 is 2.17 bits per heavy atom. The Kier molecular flexibility index (Phi) is 6.76. The molecule has 1 aliphatic rings. The molecule has 1 atom stereocenters. The lowest BCUT2D eigenvalue weighted by Crippen LogP contribution is -2.47. The lowest BCUT2D eigenvalue weighted by atomic mass is 10.0. The number of para-hydroxylation sites is 1. The van der Waals surface area contributed by atoms with Crippen LogP contribution in [0.25, 0.3) is 0 Å². The minimum absolute atomic E-state index is 0.0650. The maximum Gasteiger partial charge on any atom is 0.279 e. The number of piperidine rings is 1. The average Bonchev–Trinajstić information content (AvgIpc) is 2.54. The van der Waals surface area contributed by atoms with Crippen LogP contribution in [0.15, 0.2) is 24.3 Å². The predicted molar refractivity (Wildman–Crippen MR) is 85.0 cm³/mol. The molecule has 6 nitrogen and oxygen atoms in total. The van der Waals surface area contributed by atoms with Crippen LogP contribution in [0.5, 0.6) is 5.75 Å². The summed E-state index contributed by atoms with van der Waals surface area (Å²) in [5.74, 6) is -0.126. The van der Waals surface area contributed by atoms with E-state index in [1.165, 1.54) is 16.4 Å². The van der Waals surface area contributed by atoms with Crippen LogP contribution < -0.4 is 9.46 Å². The van der Waals surface area contributed by atoms with Crippen LogP contribution in [0.2, 0.25) is 0 Å². The van der Waals surface area contributed by atoms with E-state index in [0.29, 0.717) is 19.7 Å². The molecule has 1 unspecified atom stereocenters. The molecule has 0 amide bonds. The molecule has 0 aromatic heterocycles. The Hall–Kier alpha value is -1.22. The van der Waals surface area contributed by atoms with Crippen molar-refractivity contribution in [2.24, 2.45) is 5.92 Å². The number of hydrogen-bond acceptors (Lipinski definition) is 4. The second-order valence-corrected chi connectivity index (χ2v) is 7.26. The van der Waals surface area contributed by atoms with Gasteiger partial charge >= 0.3 is 0 Å². The van der Waals surface area contributed by atoms with Crippen LogP contribution in [-0.4, -0.2) is 52.7 Å². The maximum absolute atomic E-state index is 13.4. The third kappa shape index (κ3) is 5.42. The summed E-state index contributed by atoms with van der Waals surface area (Å²) in [5.41, 5.74) is 0.